The minimum Gasteiger partial charge on any atom is -0.392 e. The van der Waals surface area contributed by atoms with Gasteiger partial charge in [-0.15, -0.1) is 17.8 Å². The van der Waals surface area contributed by atoms with E-state index in [9.17, 15) is 0 Å². The summed E-state index contributed by atoms with van der Waals surface area (Å²) in [7, 11) is 1.93. The molecule has 2 heterocycles. The Kier molecular flexibility index (Phi) is 8.91. The quantitative estimate of drug-likeness (QED) is 0.560. The highest BCUT2D eigenvalue weighted by molar-refractivity contribution is 7.15. The van der Waals surface area contributed by atoms with Crippen LogP contribution in [0.25, 0.3) is 16.8 Å². The van der Waals surface area contributed by atoms with E-state index in [1.165, 1.54) is 23.4 Å². The van der Waals surface area contributed by atoms with E-state index in [0.29, 0.717) is 17.6 Å². The number of thiophene rings is 1. The predicted molar refractivity (Wildman–Crippen MR) is 124 cm³/mol. The maximum Gasteiger partial charge on any atom is 0.171 e. The number of aliphatic hydroxyl groups excluding tert-OH is 1. The molecule has 2 aromatic rings. The Morgan fingerprint density at radius 3 is 2.72 bits per heavy atom. The van der Waals surface area contributed by atoms with E-state index in [1.54, 1.807) is 29.7 Å². The van der Waals surface area contributed by atoms with Crippen molar-refractivity contribution in [1.29, 1.82) is 0 Å². The number of aryl methyl sites for hydroxylation is 1. The standard InChI is InChI=1S/C21H24N4OS.C2H6/c1-4-17(12-18(22-3)15-8-9-15)24-20-16(6-5-11-26)13-23-21(25-20)19-10-7-14(2)27-19;1-2/h1,5-7,10,12-13,15,17,22,26H,8-9,11H2,2-3H3,(H,23,24,25);1-2H3/b6-5+,18-12-;. The smallest absolute Gasteiger partial charge is 0.171 e. The molecule has 1 saturated carbocycles. The van der Waals surface area contributed by atoms with Gasteiger partial charge in [0.2, 0.25) is 0 Å². The summed E-state index contributed by atoms with van der Waals surface area (Å²) in [5, 5.41) is 15.7. The molecular formula is C23H30N4OS. The molecule has 1 aliphatic rings. The molecule has 2 aromatic heterocycles. The molecule has 29 heavy (non-hydrogen) atoms. The van der Waals surface area contributed by atoms with Crippen molar-refractivity contribution in [2.45, 2.75) is 39.7 Å². The van der Waals surface area contributed by atoms with Crippen LogP contribution in [0.5, 0.6) is 0 Å². The number of hydrogen-bond acceptors (Lipinski definition) is 6. The van der Waals surface area contributed by atoms with Crippen molar-refractivity contribution in [2.75, 3.05) is 19.0 Å². The number of rotatable bonds is 8. The number of terminal acetylenes is 1. The highest BCUT2D eigenvalue weighted by atomic mass is 32.1. The van der Waals surface area contributed by atoms with Crippen molar-refractivity contribution in [3.63, 3.8) is 0 Å². The minimum absolute atomic E-state index is 0.0463. The molecule has 154 valence electrons. The lowest BCUT2D eigenvalue weighted by atomic mass is 10.2. The SMILES string of the molecule is C#CC(/C=C(\NC)C1CC1)Nc1nc(-c2ccc(C)s2)ncc1/C=C/CO.CC. The van der Waals surface area contributed by atoms with Crippen LogP contribution < -0.4 is 10.6 Å². The fraction of sp³-hybridized carbons (Fsp3) is 0.391. The molecular weight excluding hydrogens is 380 g/mol. The van der Waals surface area contributed by atoms with Crippen molar-refractivity contribution in [2.24, 2.45) is 5.92 Å². The molecule has 5 nitrogen and oxygen atoms in total. The van der Waals surface area contributed by atoms with E-state index in [1.807, 2.05) is 33.0 Å². The molecule has 3 N–H and O–H groups in total. The molecule has 1 unspecified atom stereocenters. The van der Waals surface area contributed by atoms with Gasteiger partial charge >= 0.3 is 0 Å². The van der Waals surface area contributed by atoms with E-state index >= 15 is 0 Å². The lowest BCUT2D eigenvalue weighted by molar-refractivity contribution is 0.343. The second kappa shape index (κ2) is 11.4. The summed E-state index contributed by atoms with van der Waals surface area (Å²) < 4.78 is 0. The lowest BCUT2D eigenvalue weighted by Gasteiger charge is -2.15. The highest BCUT2D eigenvalue weighted by Gasteiger charge is 2.26. The third-order valence-electron chi connectivity index (χ3n) is 4.30. The normalized spacial score (nSPS) is 14.7. The van der Waals surface area contributed by atoms with Crippen LogP contribution in [0.15, 0.2) is 36.2 Å². The summed E-state index contributed by atoms with van der Waals surface area (Å²) in [6, 6.07) is 3.78. The van der Waals surface area contributed by atoms with Gasteiger partial charge in [-0.05, 0) is 43.9 Å². The Bertz CT molecular complexity index is 891. The second-order valence-corrected chi connectivity index (χ2v) is 7.72. The van der Waals surface area contributed by atoms with Gasteiger partial charge in [-0.2, -0.15) is 0 Å². The van der Waals surface area contributed by atoms with E-state index in [0.717, 1.165) is 10.4 Å². The zero-order chi connectivity index (χ0) is 21.2. The molecule has 1 fully saturated rings. The van der Waals surface area contributed by atoms with Gasteiger partial charge in [0.05, 0.1) is 11.5 Å². The van der Waals surface area contributed by atoms with Gasteiger partial charge in [-0.3, -0.25) is 0 Å². The maximum absolute atomic E-state index is 9.10. The first kappa shape index (κ1) is 22.7. The van der Waals surface area contributed by atoms with Crippen LogP contribution in [0.2, 0.25) is 0 Å². The third-order valence-corrected chi connectivity index (χ3v) is 5.30. The van der Waals surface area contributed by atoms with Crippen molar-refractivity contribution in [3.8, 4) is 23.0 Å². The molecule has 6 heteroatoms. The van der Waals surface area contributed by atoms with Gasteiger partial charge in [0.15, 0.2) is 5.82 Å². The first-order chi connectivity index (χ1) is 14.1. The Morgan fingerprint density at radius 2 is 2.17 bits per heavy atom. The zero-order valence-electron chi connectivity index (χ0n) is 17.6. The highest BCUT2D eigenvalue weighted by Crippen LogP contribution is 2.35. The summed E-state index contributed by atoms with van der Waals surface area (Å²) in [6.07, 6.45) is 15.4. The van der Waals surface area contributed by atoms with Crippen molar-refractivity contribution < 1.29 is 5.11 Å². The number of aromatic nitrogens is 2. The Labute approximate surface area is 178 Å². The molecule has 3 rings (SSSR count). The largest absolute Gasteiger partial charge is 0.392 e. The first-order valence-electron chi connectivity index (χ1n) is 9.98. The third kappa shape index (κ3) is 6.45. The van der Waals surface area contributed by atoms with E-state index < -0.39 is 0 Å². The Balaban J connectivity index is 0.00000145. The minimum atomic E-state index is -0.290. The van der Waals surface area contributed by atoms with E-state index in [-0.39, 0.29) is 12.6 Å². The van der Waals surface area contributed by atoms with Crippen LogP contribution in [-0.4, -0.2) is 34.8 Å². The molecule has 1 atom stereocenters. The predicted octanol–water partition coefficient (Wildman–Crippen LogP) is 4.47. The molecule has 0 spiro atoms. The van der Waals surface area contributed by atoms with Crippen LogP contribution in [0.4, 0.5) is 5.82 Å². The van der Waals surface area contributed by atoms with Crippen LogP contribution in [0, 0.1) is 25.2 Å². The van der Waals surface area contributed by atoms with Gasteiger partial charge in [-0.25, -0.2) is 9.97 Å². The number of anilines is 1. The van der Waals surface area contributed by atoms with Crippen molar-refractivity contribution in [1.82, 2.24) is 15.3 Å². The molecule has 0 saturated heterocycles. The molecule has 0 bridgehead atoms. The fourth-order valence-electron chi connectivity index (χ4n) is 2.76. The van der Waals surface area contributed by atoms with Crippen LogP contribution in [-0.2, 0) is 0 Å². The van der Waals surface area contributed by atoms with E-state index in [4.69, 9.17) is 16.5 Å². The van der Waals surface area contributed by atoms with Crippen LogP contribution in [0.1, 0.15) is 37.1 Å². The number of nitrogens with one attached hydrogen (secondary N) is 2. The molecule has 0 amide bonds. The average Bonchev–Trinajstić information content (AvgIpc) is 3.51. The van der Waals surface area contributed by atoms with E-state index in [2.05, 4.69) is 34.5 Å². The fourth-order valence-corrected chi connectivity index (χ4v) is 3.57. The summed E-state index contributed by atoms with van der Waals surface area (Å²) >= 11 is 1.65. The van der Waals surface area contributed by atoms with Crippen LogP contribution >= 0.6 is 11.3 Å². The van der Waals surface area contributed by atoms with Gasteiger partial charge in [0.1, 0.15) is 11.9 Å². The molecule has 0 aromatic carbocycles. The number of nitrogens with zero attached hydrogens (tertiary/aromatic N) is 2. The Morgan fingerprint density at radius 1 is 1.41 bits per heavy atom. The Hall–Kier alpha value is -2.62. The zero-order valence-corrected chi connectivity index (χ0v) is 18.4. The monoisotopic (exact) mass is 410 g/mol. The topological polar surface area (TPSA) is 70.1 Å². The van der Waals surface area contributed by atoms with Crippen LogP contribution in [0.3, 0.4) is 0 Å². The number of aliphatic hydroxyl groups is 1. The summed E-state index contributed by atoms with van der Waals surface area (Å²) in [4.78, 5) is 11.4. The first-order valence-corrected chi connectivity index (χ1v) is 10.8. The number of hydrogen-bond donors (Lipinski definition) is 3. The maximum atomic E-state index is 9.10. The van der Waals surface area contributed by atoms with Gasteiger partial charge in [0, 0.05) is 29.4 Å². The second-order valence-electron chi connectivity index (χ2n) is 6.43. The summed E-state index contributed by atoms with van der Waals surface area (Å²) in [5.41, 5.74) is 1.95. The van der Waals surface area contributed by atoms with Gasteiger partial charge in [0.25, 0.3) is 0 Å². The molecule has 1 aliphatic carbocycles. The average molecular weight is 411 g/mol. The van der Waals surface area contributed by atoms with Crippen molar-refractivity contribution in [3.05, 3.63) is 46.6 Å². The molecule has 0 aliphatic heterocycles. The van der Waals surface area contributed by atoms with Gasteiger partial charge in [-0.1, -0.05) is 31.9 Å². The lowest BCUT2D eigenvalue weighted by Crippen LogP contribution is -2.20. The van der Waals surface area contributed by atoms with Crippen molar-refractivity contribution >= 4 is 23.2 Å². The number of allylic oxidation sites excluding steroid dienone is 1. The molecule has 0 radical (unpaired) electrons. The summed E-state index contributed by atoms with van der Waals surface area (Å²) in [6.45, 7) is 6.01. The van der Waals surface area contributed by atoms with Gasteiger partial charge < -0.3 is 15.7 Å². The summed E-state index contributed by atoms with van der Waals surface area (Å²) in [5.74, 6) is 4.68.